The fourth-order valence-corrected chi connectivity index (χ4v) is 4.49. The molecule has 0 atom stereocenters. The highest BCUT2D eigenvalue weighted by Gasteiger charge is 2.29. The average Bonchev–Trinajstić information content (AvgIpc) is 2.90. The van der Waals surface area contributed by atoms with Gasteiger partial charge in [0.25, 0.3) is 5.56 Å². The highest BCUT2D eigenvalue weighted by atomic mass is 16.5. The summed E-state index contributed by atoms with van der Waals surface area (Å²) in [7, 11) is 1.84. The molecule has 4 aromatic rings. The van der Waals surface area contributed by atoms with E-state index in [1.807, 2.05) is 55.6 Å². The highest BCUT2D eigenvalue weighted by Crippen LogP contribution is 2.23. The molecule has 3 heterocycles. The largest absolute Gasteiger partial charge is 0.490 e. The van der Waals surface area contributed by atoms with Gasteiger partial charge in [0.2, 0.25) is 0 Å². The van der Waals surface area contributed by atoms with E-state index in [9.17, 15) is 10.0 Å². The van der Waals surface area contributed by atoms with Gasteiger partial charge in [-0.2, -0.15) is 9.75 Å². The van der Waals surface area contributed by atoms with Crippen LogP contribution in [-0.2, 0) is 6.54 Å². The Bertz CT molecular complexity index is 1420. The first kappa shape index (κ1) is 24.6. The number of likely N-dealkylation sites (tertiary alicyclic amines) is 1. The molecule has 0 amide bonds. The Morgan fingerprint density at radius 1 is 1.03 bits per heavy atom. The molecule has 9 nitrogen and oxygen atoms in total. The Hall–Kier alpha value is -4.08. The van der Waals surface area contributed by atoms with E-state index in [1.54, 1.807) is 18.5 Å². The number of nitrogens with zero attached hydrogens (tertiary/aromatic N) is 5. The van der Waals surface area contributed by atoms with Crippen molar-refractivity contribution in [2.24, 2.45) is 5.92 Å². The molecule has 9 heteroatoms. The molecule has 0 radical (unpaired) electrons. The summed E-state index contributed by atoms with van der Waals surface area (Å²) in [5.74, 6) is 1.62. The summed E-state index contributed by atoms with van der Waals surface area (Å²) in [6.07, 6.45) is 5.23. The van der Waals surface area contributed by atoms with Crippen LogP contribution in [-0.4, -0.2) is 56.3 Å². The van der Waals surface area contributed by atoms with Crippen molar-refractivity contribution in [2.75, 3.05) is 32.5 Å². The Morgan fingerprint density at radius 3 is 2.51 bits per heavy atom. The van der Waals surface area contributed by atoms with Crippen molar-refractivity contribution in [2.45, 2.75) is 19.4 Å². The zero-order valence-corrected chi connectivity index (χ0v) is 20.8. The molecule has 0 spiro atoms. The van der Waals surface area contributed by atoms with E-state index in [4.69, 9.17) is 10.5 Å². The predicted molar refractivity (Wildman–Crippen MR) is 141 cm³/mol. The number of aromatic nitrogens is 4. The van der Waals surface area contributed by atoms with Gasteiger partial charge in [-0.3, -0.25) is 4.79 Å². The summed E-state index contributed by atoms with van der Waals surface area (Å²) >= 11 is 0. The van der Waals surface area contributed by atoms with Gasteiger partial charge in [0.15, 0.2) is 11.6 Å². The van der Waals surface area contributed by atoms with Crippen LogP contribution in [0.4, 0.5) is 5.69 Å². The van der Waals surface area contributed by atoms with Crippen LogP contribution in [0.5, 0.6) is 5.75 Å². The Morgan fingerprint density at radius 2 is 1.76 bits per heavy atom. The molecule has 2 aromatic carbocycles. The van der Waals surface area contributed by atoms with Gasteiger partial charge in [-0.25, -0.2) is 19.9 Å². The molecule has 5 rings (SSSR count). The molecule has 190 valence electrons. The number of nitrogens with two attached hydrogens (primary N) is 1. The first-order chi connectivity index (χ1) is 17.8. The third-order valence-corrected chi connectivity index (χ3v) is 6.72. The van der Waals surface area contributed by atoms with Crippen LogP contribution in [0.2, 0.25) is 0 Å². The van der Waals surface area contributed by atoms with Crippen molar-refractivity contribution in [1.82, 2.24) is 19.7 Å². The second kappa shape index (κ2) is 10.5. The molecule has 1 aliphatic rings. The van der Waals surface area contributed by atoms with E-state index in [1.165, 1.54) is 10.7 Å². The van der Waals surface area contributed by atoms with Crippen molar-refractivity contribution in [3.63, 3.8) is 0 Å². The van der Waals surface area contributed by atoms with Crippen LogP contribution in [0.3, 0.4) is 0 Å². The van der Waals surface area contributed by atoms with E-state index >= 15 is 0 Å². The first-order valence-electron chi connectivity index (χ1n) is 12.4. The molecule has 0 unspecified atom stereocenters. The molecule has 37 heavy (non-hydrogen) atoms. The fourth-order valence-electron chi connectivity index (χ4n) is 4.49. The minimum absolute atomic E-state index is 0.0889. The number of rotatable bonds is 7. The third-order valence-electron chi connectivity index (χ3n) is 6.72. The summed E-state index contributed by atoms with van der Waals surface area (Å²) in [6, 6.07) is 18.4. The maximum Gasteiger partial charge on any atom is 0.267 e. The second-order valence-electron chi connectivity index (χ2n) is 9.82. The number of hydroxylamine groups is 3. The minimum atomic E-state index is -0.184. The third kappa shape index (κ3) is 6.19. The van der Waals surface area contributed by atoms with Crippen LogP contribution in [0.15, 0.2) is 77.9 Å². The minimum Gasteiger partial charge on any atom is -0.490 e. The number of piperidine rings is 1. The van der Waals surface area contributed by atoms with E-state index < -0.39 is 0 Å². The molecule has 0 bridgehead atoms. The maximum absolute atomic E-state index is 12.5. The summed E-state index contributed by atoms with van der Waals surface area (Å²) in [4.78, 5) is 21.5. The lowest BCUT2D eigenvalue weighted by molar-refractivity contribution is -1.09. The van der Waals surface area contributed by atoms with Gasteiger partial charge in [0.05, 0.1) is 38.3 Å². The predicted octanol–water partition coefficient (Wildman–Crippen LogP) is 3.62. The van der Waals surface area contributed by atoms with E-state index in [0.717, 1.165) is 42.6 Å². The molecule has 1 aliphatic heterocycles. The second-order valence-corrected chi connectivity index (χ2v) is 9.82. The van der Waals surface area contributed by atoms with Gasteiger partial charge < -0.3 is 10.5 Å². The molecule has 3 N–H and O–H groups in total. The van der Waals surface area contributed by atoms with Gasteiger partial charge in [-0.1, -0.05) is 30.3 Å². The van der Waals surface area contributed by atoms with Crippen molar-refractivity contribution >= 4 is 5.69 Å². The van der Waals surface area contributed by atoms with Gasteiger partial charge in [0, 0.05) is 41.6 Å². The van der Waals surface area contributed by atoms with Crippen molar-refractivity contribution in [1.29, 1.82) is 0 Å². The smallest absolute Gasteiger partial charge is 0.267 e. The van der Waals surface area contributed by atoms with Crippen LogP contribution >= 0.6 is 0 Å². The van der Waals surface area contributed by atoms with E-state index in [-0.39, 0.29) is 10.2 Å². The van der Waals surface area contributed by atoms with Crippen LogP contribution in [0.1, 0.15) is 18.4 Å². The monoisotopic (exact) mass is 499 g/mol. The number of hydrogen-bond donors (Lipinski definition) is 2. The van der Waals surface area contributed by atoms with Crippen molar-refractivity contribution in [3.8, 4) is 28.4 Å². The van der Waals surface area contributed by atoms with Crippen molar-refractivity contribution < 1.29 is 14.6 Å². The van der Waals surface area contributed by atoms with Gasteiger partial charge in [0.1, 0.15) is 13.1 Å². The SMILES string of the molecule is C[N+]1(O)CCC(COc2cnc(-c3cccc(Cn4nc(-c5cccc(N)c5)ccc4=O)c3)nc2)CC1. The summed E-state index contributed by atoms with van der Waals surface area (Å²) in [6.45, 7) is 2.39. The number of ether oxygens (including phenoxy) is 1. The molecular formula is C28H31N6O3+. The van der Waals surface area contributed by atoms with Gasteiger partial charge >= 0.3 is 0 Å². The molecule has 0 saturated carbocycles. The normalized spacial score (nSPS) is 19.5. The number of hydrogen-bond acceptors (Lipinski definition) is 7. The summed E-state index contributed by atoms with van der Waals surface area (Å²) in [5, 5.41) is 14.6. The number of benzene rings is 2. The van der Waals surface area contributed by atoms with Crippen molar-refractivity contribution in [3.05, 3.63) is 89.0 Å². The van der Waals surface area contributed by atoms with Gasteiger partial charge in [-0.05, 0) is 29.8 Å². The quantitative estimate of drug-likeness (QED) is 0.295. The van der Waals surface area contributed by atoms with Crippen LogP contribution < -0.4 is 16.0 Å². The number of quaternary nitrogens is 1. The molecule has 1 saturated heterocycles. The zero-order valence-electron chi connectivity index (χ0n) is 20.8. The fraction of sp³-hybridized carbons (Fsp3) is 0.286. The van der Waals surface area contributed by atoms with Crippen LogP contribution in [0, 0.1) is 5.92 Å². The Balaban J connectivity index is 1.26. The molecular weight excluding hydrogens is 468 g/mol. The summed E-state index contributed by atoms with van der Waals surface area (Å²) in [5.41, 5.74) is 9.65. The standard InChI is InChI=1S/C28H31N6O3/c1-34(36)12-10-20(11-13-34)19-37-25-16-30-28(31-17-25)23-6-2-4-21(14-23)18-33-27(35)9-8-26(32-33)22-5-3-7-24(29)15-22/h2-9,14-17,20,36H,10-13,18-19,29H2,1H3/q+1. The zero-order chi connectivity index (χ0) is 25.8. The lowest BCUT2D eigenvalue weighted by Crippen LogP contribution is -2.47. The van der Waals surface area contributed by atoms with Crippen LogP contribution in [0.25, 0.3) is 22.6 Å². The van der Waals surface area contributed by atoms with E-state index in [2.05, 4.69) is 15.1 Å². The first-order valence-corrected chi connectivity index (χ1v) is 12.4. The van der Waals surface area contributed by atoms with Gasteiger partial charge in [-0.15, -0.1) is 0 Å². The topological polar surface area (TPSA) is 116 Å². The molecule has 2 aromatic heterocycles. The molecule has 1 fully saturated rings. The Labute approximate surface area is 215 Å². The average molecular weight is 500 g/mol. The lowest BCUT2D eigenvalue weighted by Gasteiger charge is -2.33. The molecule has 0 aliphatic carbocycles. The highest BCUT2D eigenvalue weighted by molar-refractivity contribution is 5.63. The number of nitrogen functional groups attached to an aromatic ring is 1. The number of anilines is 1. The Kier molecular flexibility index (Phi) is 6.98. The lowest BCUT2D eigenvalue weighted by atomic mass is 9.98. The summed E-state index contributed by atoms with van der Waals surface area (Å²) < 4.78 is 7.44. The maximum atomic E-state index is 12.5. The van der Waals surface area contributed by atoms with E-state index in [0.29, 0.717) is 42.0 Å².